The number of hydrogen-bond donors (Lipinski definition) is 3. The van der Waals surface area contributed by atoms with Crippen LogP contribution in [-0.4, -0.2) is 45.3 Å². The number of sulfone groups is 1. The highest BCUT2D eigenvalue weighted by Gasteiger charge is 2.21. The second kappa shape index (κ2) is 11.5. The van der Waals surface area contributed by atoms with Crippen LogP contribution >= 0.6 is 0 Å². The Morgan fingerprint density at radius 2 is 1.42 bits per heavy atom. The molecule has 0 fully saturated rings. The van der Waals surface area contributed by atoms with E-state index in [1.807, 2.05) is 0 Å². The molecule has 0 bridgehead atoms. The lowest BCUT2D eigenvalue weighted by molar-refractivity contribution is 0.374. The highest BCUT2D eigenvalue weighted by molar-refractivity contribution is 7.93. The molecule has 204 valence electrons. The van der Waals surface area contributed by atoms with E-state index in [4.69, 9.17) is 30.4 Å². The maximum atomic E-state index is 13.0. The van der Waals surface area contributed by atoms with Crippen molar-refractivity contribution in [3.63, 3.8) is 0 Å². The Labute approximate surface area is 221 Å². The van der Waals surface area contributed by atoms with Crippen molar-refractivity contribution in [1.82, 2.24) is 0 Å². The molecule has 0 heterocycles. The van der Waals surface area contributed by atoms with Crippen molar-refractivity contribution in [3.05, 3.63) is 65.1 Å². The fourth-order valence-electron chi connectivity index (χ4n) is 3.59. The lowest BCUT2D eigenvalue weighted by Gasteiger charge is -2.15. The minimum atomic E-state index is -4.13. The molecule has 0 atom stereocenters. The Balaban J connectivity index is 1.91. The van der Waals surface area contributed by atoms with Crippen LogP contribution in [0.25, 0.3) is 6.08 Å². The molecular formula is C25H29N3O8S2. The van der Waals surface area contributed by atoms with Gasteiger partial charge in [-0.25, -0.2) is 16.8 Å². The fourth-order valence-corrected chi connectivity index (χ4v) is 5.84. The summed E-state index contributed by atoms with van der Waals surface area (Å²) < 4.78 is 75.4. The molecule has 0 saturated heterocycles. The second-order valence-corrected chi connectivity index (χ2v) is 11.5. The summed E-state index contributed by atoms with van der Waals surface area (Å²) in [6.45, 7) is 0. The summed E-state index contributed by atoms with van der Waals surface area (Å²) in [7, 11) is -2.22. The van der Waals surface area contributed by atoms with E-state index in [1.54, 1.807) is 12.1 Å². The third kappa shape index (κ3) is 6.61. The van der Waals surface area contributed by atoms with Crippen molar-refractivity contribution >= 4 is 43.0 Å². The summed E-state index contributed by atoms with van der Waals surface area (Å²) in [5.74, 6) is 0.957. The van der Waals surface area contributed by atoms with Crippen LogP contribution < -0.4 is 35.1 Å². The molecule has 0 aliphatic heterocycles. The van der Waals surface area contributed by atoms with Crippen molar-refractivity contribution < 1.29 is 35.8 Å². The monoisotopic (exact) mass is 563 g/mol. The van der Waals surface area contributed by atoms with E-state index < -0.39 is 25.6 Å². The van der Waals surface area contributed by atoms with Gasteiger partial charge in [-0.15, -0.1) is 0 Å². The van der Waals surface area contributed by atoms with Crippen molar-refractivity contribution in [3.8, 4) is 23.0 Å². The molecule has 0 aliphatic rings. The quantitative estimate of drug-likeness (QED) is 0.294. The van der Waals surface area contributed by atoms with Gasteiger partial charge in [-0.3, -0.25) is 4.72 Å². The van der Waals surface area contributed by atoms with Gasteiger partial charge in [0.1, 0.15) is 27.9 Å². The Morgan fingerprint density at radius 3 is 1.97 bits per heavy atom. The molecule has 0 saturated carbocycles. The van der Waals surface area contributed by atoms with E-state index in [0.29, 0.717) is 34.1 Å². The Bertz CT molecular complexity index is 1540. The molecule has 3 aromatic rings. The minimum absolute atomic E-state index is 0.0373. The number of hydrogen-bond acceptors (Lipinski definition) is 10. The van der Waals surface area contributed by atoms with E-state index >= 15 is 0 Å². The maximum Gasteiger partial charge on any atom is 0.264 e. The molecule has 13 heteroatoms. The summed E-state index contributed by atoms with van der Waals surface area (Å²) in [5, 5.41) is 1.03. The van der Waals surface area contributed by atoms with Gasteiger partial charge in [-0.05, 0) is 42.0 Å². The molecule has 0 amide bonds. The van der Waals surface area contributed by atoms with Gasteiger partial charge in [0.05, 0.1) is 51.1 Å². The highest BCUT2D eigenvalue weighted by atomic mass is 32.2. The number of benzene rings is 3. The van der Waals surface area contributed by atoms with Gasteiger partial charge in [0.25, 0.3) is 10.0 Å². The standard InChI is InChI=1S/C25H29N3O8S2/c1-33-18-13-23(35-3)19(24(14-18)36-4)9-10-37(29,30)15-16-5-7-22(34-2)21(11-16)28-38(31,32)25-8-6-17(26)12-20(25)27/h5-14,28H,15,26-27H2,1-4H3/b10-9-. The molecule has 5 N–H and O–H groups in total. The van der Waals surface area contributed by atoms with Gasteiger partial charge < -0.3 is 30.4 Å². The van der Waals surface area contributed by atoms with Gasteiger partial charge in [0, 0.05) is 23.2 Å². The number of methoxy groups -OCH3 is 4. The van der Waals surface area contributed by atoms with Gasteiger partial charge in [-0.1, -0.05) is 6.07 Å². The normalized spacial score (nSPS) is 11.8. The molecule has 0 spiro atoms. The van der Waals surface area contributed by atoms with Crippen LogP contribution in [0.2, 0.25) is 0 Å². The lowest BCUT2D eigenvalue weighted by Crippen LogP contribution is -2.16. The van der Waals surface area contributed by atoms with Crippen molar-refractivity contribution in [1.29, 1.82) is 0 Å². The summed E-state index contributed by atoms with van der Waals surface area (Å²) in [4.78, 5) is -0.183. The van der Waals surface area contributed by atoms with Crippen LogP contribution in [0.15, 0.2) is 58.8 Å². The van der Waals surface area contributed by atoms with Crippen LogP contribution in [-0.2, 0) is 25.6 Å². The average Bonchev–Trinajstić information content (AvgIpc) is 2.86. The highest BCUT2D eigenvalue weighted by Crippen LogP contribution is 2.35. The van der Waals surface area contributed by atoms with Crippen molar-refractivity contribution in [2.45, 2.75) is 10.6 Å². The first kappa shape index (κ1) is 28.5. The van der Waals surface area contributed by atoms with Crippen molar-refractivity contribution in [2.75, 3.05) is 44.6 Å². The van der Waals surface area contributed by atoms with Crippen molar-refractivity contribution in [2.24, 2.45) is 0 Å². The van der Waals surface area contributed by atoms with Crippen LogP contribution in [0.4, 0.5) is 17.1 Å². The zero-order valence-corrected chi connectivity index (χ0v) is 22.9. The topological polar surface area (TPSA) is 169 Å². The van der Waals surface area contributed by atoms with Crippen LogP contribution in [0.3, 0.4) is 0 Å². The van der Waals surface area contributed by atoms with Gasteiger partial charge >= 0.3 is 0 Å². The second-order valence-electron chi connectivity index (χ2n) is 7.99. The van der Waals surface area contributed by atoms with Gasteiger partial charge in [-0.2, -0.15) is 0 Å². The molecule has 0 unspecified atom stereocenters. The molecule has 0 aromatic heterocycles. The van der Waals surface area contributed by atoms with E-state index in [2.05, 4.69) is 4.72 Å². The Hall–Kier alpha value is -4.10. The summed E-state index contributed by atoms with van der Waals surface area (Å²) in [6.07, 6.45) is 1.36. The zero-order valence-electron chi connectivity index (χ0n) is 21.2. The summed E-state index contributed by atoms with van der Waals surface area (Å²) in [6, 6.07) is 11.6. The Kier molecular flexibility index (Phi) is 8.63. The number of ether oxygens (including phenoxy) is 4. The molecular weight excluding hydrogens is 534 g/mol. The third-order valence-corrected chi connectivity index (χ3v) is 8.12. The van der Waals surface area contributed by atoms with E-state index in [9.17, 15) is 16.8 Å². The first-order valence-electron chi connectivity index (χ1n) is 11.0. The number of anilines is 3. The van der Waals surface area contributed by atoms with Gasteiger partial charge in [0.15, 0.2) is 9.84 Å². The molecule has 0 aliphatic carbocycles. The number of nitrogens with two attached hydrogens (primary N) is 2. The largest absolute Gasteiger partial charge is 0.496 e. The third-order valence-electron chi connectivity index (χ3n) is 5.39. The first-order chi connectivity index (χ1) is 17.9. The smallest absolute Gasteiger partial charge is 0.264 e. The number of nitrogen functional groups attached to an aromatic ring is 2. The first-order valence-corrected chi connectivity index (χ1v) is 14.2. The summed E-state index contributed by atoms with van der Waals surface area (Å²) in [5.41, 5.74) is 12.5. The minimum Gasteiger partial charge on any atom is -0.496 e. The fraction of sp³-hybridized carbons (Fsp3) is 0.200. The molecule has 38 heavy (non-hydrogen) atoms. The van der Waals surface area contributed by atoms with Gasteiger partial charge in [0.2, 0.25) is 0 Å². The van der Waals surface area contributed by atoms with E-state index in [-0.39, 0.29) is 22.0 Å². The van der Waals surface area contributed by atoms with E-state index in [1.165, 1.54) is 70.9 Å². The van der Waals surface area contributed by atoms with Crippen LogP contribution in [0, 0.1) is 0 Å². The van der Waals surface area contributed by atoms with Crippen LogP contribution in [0.5, 0.6) is 23.0 Å². The number of nitrogens with one attached hydrogen (secondary N) is 1. The zero-order chi connectivity index (χ0) is 28.1. The molecule has 0 radical (unpaired) electrons. The van der Waals surface area contributed by atoms with Crippen LogP contribution in [0.1, 0.15) is 11.1 Å². The molecule has 11 nitrogen and oxygen atoms in total. The molecule has 3 rings (SSSR count). The number of sulfonamides is 1. The van der Waals surface area contributed by atoms with E-state index in [0.717, 1.165) is 5.41 Å². The average molecular weight is 564 g/mol. The number of rotatable bonds is 11. The maximum absolute atomic E-state index is 13.0. The molecule has 3 aromatic carbocycles. The predicted molar refractivity (Wildman–Crippen MR) is 147 cm³/mol. The predicted octanol–water partition coefficient (Wildman–Crippen LogP) is 3.27. The lowest BCUT2D eigenvalue weighted by atomic mass is 10.1. The Morgan fingerprint density at radius 1 is 0.789 bits per heavy atom. The summed E-state index contributed by atoms with van der Waals surface area (Å²) >= 11 is 0. The SMILES string of the molecule is COc1cc(OC)c(/C=C\S(=O)(=O)Cc2ccc(OC)c(NS(=O)(=O)c3ccc(N)cc3N)c2)c(OC)c1.